The number of amides is 2. The van der Waals surface area contributed by atoms with E-state index in [1.54, 1.807) is 25.1 Å². The van der Waals surface area contributed by atoms with Gasteiger partial charge in [0.2, 0.25) is 11.8 Å². The molecule has 0 bridgehead atoms. The zero-order chi connectivity index (χ0) is 20.0. The highest BCUT2D eigenvalue weighted by Crippen LogP contribution is 2.29. The van der Waals surface area contributed by atoms with Gasteiger partial charge >= 0.3 is 0 Å². The number of hydrogen-bond acceptors (Lipinski definition) is 4. The number of phenols is 1. The summed E-state index contributed by atoms with van der Waals surface area (Å²) in [5.74, 6) is -0.981. The van der Waals surface area contributed by atoms with E-state index < -0.39 is 5.91 Å². The molecule has 6 nitrogen and oxygen atoms in total. The van der Waals surface area contributed by atoms with E-state index in [1.807, 2.05) is 0 Å². The molecule has 0 aliphatic heterocycles. The molecule has 2 rings (SSSR count). The molecule has 0 saturated heterocycles. The Hall–Kier alpha value is -2.28. The first kappa shape index (κ1) is 21.0. The quantitative estimate of drug-likeness (QED) is 0.466. The summed E-state index contributed by atoms with van der Waals surface area (Å²) >= 11 is 17.6. The first-order valence-corrected chi connectivity index (χ1v) is 8.96. The molecule has 3 N–H and O–H groups in total. The van der Waals surface area contributed by atoms with Gasteiger partial charge in [-0.15, -0.1) is 0 Å². The van der Waals surface area contributed by atoms with Crippen molar-refractivity contribution in [2.24, 2.45) is 5.10 Å². The van der Waals surface area contributed by atoms with Crippen LogP contribution in [-0.2, 0) is 9.59 Å². The molecule has 0 aliphatic carbocycles. The molecule has 142 valence electrons. The first-order chi connectivity index (χ1) is 12.8. The van der Waals surface area contributed by atoms with Gasteiger partial charge in [0.15, 0.2) is 0 Å². The summed E-state index contributed by atoms with van der Waals surface area (Å²) in [4.78, 5) is 23.7. The van der Waals surface area contributed by atoms with Crippen LogP contribution >= 0.6 is 34.8 Å². The van der Waals surface area contributed by atoms with Gasteiger partial charge in [0.05, 0.1) is 11.2 Å². The molecule has 27 heavy (non-hydrogen) atoms. The summed E-state index contributed by atoms with van der Waals surface area (Å²) in [6, 6.07) is 8.01. The number of halogens is 3. The van der Waals surface area contributed by atoms with Gasteiger partial charge in [-0.25, -0.2) is 5.43 Å². The van der Waals surface area contributed by atoms with Crippen LogP contribution in [0.25, 0.3) is 0 Å². The lowest BCUT2D eigenvalue weighted by Gasteiger charge is -2.09. The van der Waals surface area contributed by atoms with E-state index in [0.717, 1.165) is 5.56 Å². The highest BCUT2D eigenvalue weighted by Gasteiger charge is 2.10. The maximum absolute atomic E-state index is 12.0. The molecule has 2 amide bonds. The smallest absolute Gasteiger partial charge is 0.240 e. The Kier molecular flexibility index (Phi) is 7.47. The highest BCUT2D eigenvalue weighted by molar-refractivity contribution is 6.36. The Morgan fingerprint density at radius 2 is 1.81 bits per heavy atom. The molecular formula is C18H16Cl3N3O3. The summed E-state index contributed by atoms with van der Waals surface area (Å²) in [5.41, 5.74) is 3.87. The zero-order valence-electron chi connectivity index (χ0n) is 14.2. The molecule has 0 saturated carbocycles. The normalized spacial score (nSPS) is 10.8. The van der Waals surface area contributed by atoms with E-state index >= 15 is 0 Å². The minimum atomic E-state index is -0.461. The summed E-state index contributed by atoms with van der Waals surface area (Å²) in [5, 5.41) is 17.2. The number of hydrogen-bond donors (Lipinski definition) is 3. The molecule has 0 atom stereocenters. The molecule has 0 spiro atoms. The largest absolute Gasteiger partial charge is 0.506 e. The average Bonchev–Trinajstić information content (AvgIpc) is 2.61. The standard InChI is InChI=1S/C18H16Cl3N3O3/c1-10-13(20)3-2-4-15(10)23-16(25)5-6-17(26)24-22-9-11-7-12(19)8-14(21)18(11)27/h2-4,7-9,27H,5-6H2,1H3,(H,23,25)(H,24,26)/b22-9+. The molecule has 9 heteroatoms. The second-order valence-electron chi connectivity index (χ2n) is 5.58. The van der Waals surface area contributed by atoms with Crippen LogP contribution in [0.3, 0.4) is 0 Å². The highest BCUT2D eigenvalue weighted by atomic mass is 35.5. The van der Waals surface area contributed by atoms with Crippen LogP contribution in [0.15, 0.2) is 35.4 Å². The topological polar surface area (TPSA) is 90.8 Å². The monoisotopic (exact) mass is 427 g/mol. The maximum atomic E-state index is 12.0. The number of hydrazone groups is 1. The Bertz CT molecular complexity index is 901. The number of anilines is 1. The minimum absolute atomic E-state index is 0.0262. The lowest BCUT2D eigenvalue weighted by Crippen LogP contribution is -2.20. The van der Waals surface area contributed by atoms with Gasteiger partial charge in [0.1, 0.15) is 5.75 Å². The van der Waals surface area contributed by atoms with Gasteiger partial charge in [-0.3, -0.25) is 9.59 Å². The lowest BCUT2D eigenvalue weighted by molar-refractivity contribution is -0.124. The third kappa shape index (κ3) is 6.13. The fourth-order valence-corrected chi connectivity index (χ4v) is 2.78. The fraction of sp³-hybridized carbons (Fsp3) is 0.167. The number of nitrogens with one attached hydrogen (secondary N) is 2. The van der Waals surface area contributed by atoms with Crippen molar-refractivity contribution < 1.29 is 14.7 Å². The van der Waals surface area contributed by atoms with E-state index in [9.17, 15) is 14.7 Å². The van der Waals surface area contributed by atoms with E-state index in [0.29, 0.717) is 15.7 Å². The Morgan fingerprint density at radius 3 is 2.56 bits per heavy atom. The van der Waals surface area contributed by atoms with Crippen molar-refractivity contribution in [3.05, 3.63) is 56.5 Å². The molecule has 0 aromatic heterocycles. The van der Waals surface area contributed by atoms with Crippen LogP contribution in [0, 0.1) is 6.92 Å². The number of carbonyl (C=O) groups excluding carboxylic acids is 2. The Morgan fingerprint density at radius 1 is 1.11 bits per heavy atom. The Labute approximate surface area is 171 Å². The SMILES string of the molecule is Cc1c(Cl)cccc1NC(=O)CCC(=O)N/N=C/c1cc(Cl)cc(Cl)c1O. The van der Waals surface area contributed by atoms with Crippen LogP contribution in [-0.4, -0.2) is 23.1 Å². The first-order valence-electron chi connectivity index (χ1n) is 7.83. The van der Waals surface area contributed by atoms with Gasteiger partial charge in [-0.05, 0) is 36.8 Å². The van der Waals surface area contributed by atoms with Crippen molar-refractivity contribution in [3.63, 3.8) is 0 Å². The van der Waals surface area contributed by atoms with Gasteiger partial charge < -0.3 is 10.4 Å². The molecule has 2 aromatic carbocycles. The van der Waals surface area contributed by atoms with E-state index in [4.69, 9.17) is 34.8 Å². The molecule has 0 unspecified atom stereocenters. The molecule has 0 aliphatic rings. The van der Waals surface area contributed by atoms with Gasteiger partial charge in [-0.2, -0.15) is 5.10 Å². The van der Waals surface area contributed by atoms with Crippen LogP contribution in [0.4, 0.5) is 5.69 Å². The molecular weight excluding hydrogens is 413 g/mol. The van der Waals surface area contributed by atoms with Crippen LogP contribution < -0.4 is 10.7 Å². The minimum Gasteiger partial charge on any atom is -0.506 e. The fourth-order valence-electron chi connectivity index (χ4n) is 2.10. The van der Waals surface area contributed by atoms with Crippen molar-refractivity contribution in [1.82, 2.24) is 5.43 Å². The number of nitrogens with zero attached hydrogens (tertiary/aromatic N) is 1. The van der Waals surface area contributed by atoms with Crippen LogP contribution in [0.5, 0.6) is 5.75 Å². The van der Waals surface area contributed by atoms with Crippen LogP contribution in [0.1, 0.15) is 24.0 Å². The van der Waals surface area contributed by atoms with Crippen molar-refractivity contribution in [2.75, 3.05) is 5.32 Å². The van der Waals surface area contributed by atoms with Crippen molar-refractivity contribution in [1.29, 1.82) is 0 Å². The second kappa shape index (κ2) is 9.60. The average molecular weight is 429 g/mol. The summed E-state index contributed by atoms with van der Waals surface area (Å²) in [6.45, 7) is 1.79. The lowest BCUT2D eigenvalue weighted by atomic mass is 10.2. The zero-order valence-corrected chi connectivity index (χ0v) is 16.5. The third-order valence-corrected chi connectivity index (χ3v) is 4.49. The van der Waals surface area contributed by atoms with Crippen molar-refractivity contribution in [2.45, 2.75) is 19.8 Å². The second-order valence-corrected chi connectivity index (χ2v) is 6.83. The molecule has 0 fully saturated rings. The predicted molar refractivity (Wildman–Crippen MR) is 108 cm³/mol. The van der Waals surface area contributed by atoms with E-state index in [1.165, 1.54) is 18.3 Å². The Balaban J connectivity index is 1.84. The summed E-state index contributed by atoms with van der Waals surface area (Å²) < 4.78 is 0. The van der Waals surface area contributed by atoms with E-state index in [-0.39, 0.29) is 35.1 Å². The van der Waals surface area contributed by atoms with Crippen molar-refractivity contribution >= 4 is 58.5 Å². The molecule has 2 aromatic rings. The van der Waals surface area contributed by atoms with E-state index in [2.05, 4.69) is 15.8 Å². The summed E-state index contributed by atoms with van der Waals surface area (Å²) in [7, 11) is 0. The van der Waals surface area contributed by atoms with Crippen molar-refractivity contribution in [3.8, 4) is 5.75 Å². The molecule has 0 heterocycles. The number of carbonyl (C=O) groups is 2. The van der Waals surface area contributed by atoms with Gasteiger partial charge in [0, 0.05) is 34.1 Å². The molecule has 0 radical (unpaired) electrons. The maximum Gasteiger partial charge on any atom is 0.240 e. The van der Waals surface area contributed by atoms with Gasteiger partial charge in [0.25, 0.3) is 0 Å². The van der Waals surface area contributed by atoms with Crippen LogP contribution in [0.2, 0.25) is 15.1 Å². The summed E-state index contributed by atoms with van der Waals surface area (Å²) in [6.07, 6.45) is 1.12. The number of phenolic OH excluding ortho intramolecular Hbond substituents is 1. The van der Waals surface area contributed by atoms with Gasteiger partial charge in [-0.1, -0.05) is 40.9 Å². The predicted octanol–water partition coefficient (Wildman–Crippen LogP) is 4.53. The number of aromatic hydroxyl groups is 1. The number of rotatable bonds is 6. The number of benzene rings is 2. The third-order valence-electron chi connectivity index (χ3n) is 3.57.